The summed E-state index contributed by atoms with van der Waals surface area (Å²) in [4.78, 5) is 10.4. The van der Waals surface area contributed by atoms with Crippen LogP contribution in [0, 0.1) is 5.82 Å². The molecule has 3 nitrogen and oxygen atoms in total. The summed E-state index contributed by atoms with van der Waals surface area (Å²) in [5, 5.41) is 11.3. The second kappa shape index (κ2) is 5.65. The second-order valence-electron chi connectivity index (χ2n) is 3.28. The second-order valence-corrected chi connectivity index (χ2v) is 4.13. The summed E-state index contributed by atoms with van der Waals surface area (Å²) in [6, 6.07) is 4.63. The van der Waals surface area contributed by atoms with Gasteiger partial charge >= 0.3 is 5.97 Å². The number of aliphatic carboxylic acids is 1. The highest BCUT2D eigenvalue weighted by molar-refractivity contribution is 9.10. The van der Waals surface area contributed by atoms with Gasteiger partial charge in [-0.3, -0.25) is 0 Å². The molecule has 16 heavy (non-hydrogen) atoms. The highest BCUT2D eigenvalue weighted by Crippen LogP contribution is 2.25. The Kier molecular flexibility index (Phi) is 4.49. The van der Waals surface area contributed by atoms with Crippen molar-refractivity contribution < 1.29 is 14.3 Å². The van der Waals surface area contributed by atoms with Crippen molar-refractivity contribution in [3.8, 4) is 0 Å². The predicted molar refractivity (Wildman–Crippen MR) is 64.0 cm³/mol. The van der Waals surface area contributed by atoms with Crippen molar-refractivity contribution in [3.05, 3.63) is 40.1 Å². The van der Waals surface area contributed by atoms with E-state index in [1.165, 1.54) is 6.07 Å². The van der Waals surface area contributed by atoms with Crippen LogP contribution in [0.25, 0.3) is 0 Å². The molecule has 2 N–H and O–H groups in total. The van der Waals surface area contributed by atoms with E-state index in [1.54, 1.807) is 19.1 Å². The standard InChI is InChI=1S/C11H11BrFNO2/c1-7(5-10(15)16)6-14-11-8(12)3-2-4-9(11)13/h2-5,14H,6H2,1H3,(H,15,16)/b7-5-. The number of rotatable bonds is 4. The molecular weight excluding hydrogens is 277 g/mol. The molecule has 0 unspecified atom stereocenters. The van der Waals surface area contributed by atoms with E-state index < -0.39 is 5.97 Å². The van der Waals surface area contributed by atoms with E-state index in [1.807, 2.05) is 0 Å². The van der Waals surface area contributed by atoms with Crippen molar-refractivity contribution in [2.24, 2.45) is 0 Å². The Labute approximate surface area is 101 Å². The molecule has 0 atom stereocenters. The van der Waals surface area contributed by atoms with Gasteiger partial charge in [-0.2, -0.15) is 0 Å². The van der Waals surface area contributed by atoms with Crippen molar-refractivity contribution in [1.82, 2.24) is 0 Å². The average Bonchev–Trinajstić information content (AvgIpc) is 2.15. The van der Waals surface area contributed by atoms with Crippen LogP contribution in [0.2, 0.25) is 0 Å². The van der Waals surface area contributed by atoms with Gasteiger partial charge in [0.05, 0.1) is 5.69 Å². The highest BCUT2D eigenvalue weighted by atomic mass is 79.9. The quantitative estimate of drug-likeness (QED) is 0.837. The molecule has 0 bridgehead atoms. The smallest absolute Gasteiger partial charge is 0.328 e. The molecule has 1 aromatic rings. The number of carboxylic acid groups (broad SMARTS) is 1. The fourth-order valence-corrected chi connectivity index (χ4v) is 1.64. The maximum Gasteiger partial charge on any atom is 0.328 e. The Morgan fingerprint density at radius 2 is 2.31 bits per heavy atom. The van der Waals surface area contributed by atoms with Gasteiger partial charge in [-0.15, -0.1) is 0 Å². The van der Waals surface area contributed by atoms with Crippen LogP contribution < -0.4 is 5.32 Å². The molecule has 5 heteroatoms. The fraction of sp³-hybridized carbons (Fsp3) is 0.182. The Hall–Kier alpha value is -1.36. The zero-order valence-electron chi connectivity index (χ0n) is 8.63. The van der Waals surface area contributed by atoms with Gasteiger partial charge in [0.15, 0.2) is 0 Å². The largest absolute Gasteiger partial charge is 0.478 e. The van der Waals surface area contributed by atoms with Crippen LogP contribution in [-0.4, -0.2) is 17.6 Å². The third-order valence-electron chi connectivity index (χ3n) is 1.88. The molecule has 0 heterocycles. The number of carbonyl (C=O) groups is 1. The summed E-state index contributed by atoms with van der Waals surface area (Å²) < 4.78 is 13.9. The topological polar surface area (TPSA) is 49.3 Å². The summed E-state index contributed by atoms with van der Waals surface area (Å²) >= 11 is 3.21. The lowest BCUT2D eigenvalue weighted by Crippen LogP contribution is -2.06. The van der Waals surface area contributed by atoms with E-state index in [0.717, 1.165) is 6.08 Å². The molecule has 0 aliphatic carbocycles. The molecule has 0 saturated heterocycles. The van der Waals surface area contributed by atoms with Crippen molar-refractivity contribution in [3.63, 3.8) is 0 Å². The lowest BCUT2D eigenvalue weighted by molar-refractivity contribution is -0.131. The van der Waals surface area contributed by atoms with E-state index in [0.29, 0.717) is 15.7 Å². The van der Waals surface area contributed by atoms with E-state index in [4.69, 9.17) is 5.11 Å². The van der Waals surface area contributed by atoms with Crippen molar-refractivity contribution >= 4 is 27.6 Å². The van der Waals surface area contributed by atoms with Crippen LogP contribution >= 0.6 is 15.9 Å². The number of hydrogen-bond donors (Lipinski definition) is 2. The maximum absolute atomic E-state index is 13.3. The predicted octanol–water partition coefficient (Wildman–Crippen LogP) is 3.03. The van der Waals surface area contributed by atoms with Crippen LogP contribution in [0.5, 0.6) is 0 Å². The van der Waals surface area contributed by atoms with Crippen LogP contribution in [-0.2, 0) is 4.79 Å². The molecule has 0 saturated carbocycles. The lowest BCUT2D eigenvalue weighted by Gasteiger charge is -2.09. The number of nitrogens with one attached hydrogen (secondary N) is 1. The third kappa shape index (κ3) is 3.66. The molecule has 0 radical (unpaired) electrons. The number of carboxylic acids is 1. The van der Waals surface area contributed by atoms with Crippen molar-refractivity contribution in [1.29, 1.82) is 0 Å². The summed E-state index contributed by atoms with van der Waals surface area (Å²) in [6.07, 6.45) is 1.09. The number of benzene rings is 1. The molecule has 86 valence electrons. The zero-order chi connectivity index (χ0) is 12.1. The Morgan fingerprint density at radius 3 is 2.88 bits per heavy atom. The minimum Gasteiger partial charge on any atom is -0.478 e. The summed E-state index contributed by atoms with van der Waals surface area (Å²) in [6.45, 7) is 1.95. The molecule has 0 aliphatic heterocycles. The molecule has 0 aromatic heterocycles. The minimum absolute atomic E-state index is 0.284. The van der Waals surface area contributed by atoms with Crippen LogP contribution in [0.3, 0.4) is 0 Å². The summed E-state index contributed by atoms with van der Waals surface area (Å²) in [7, 11) is 0. The van der Waals surface area contributed by atoms with E-state index >= 15 is 0 Å². The molecule has 0 aliphatic rings. The van der Waals surface area contributed by atoms with Gasteiger partial charge in [-0.05, 0) is 40.6 Å². The first kappa shape index (κ1) is 12.7. The van der Waals surface area contributed by atoms with Crippen LogP contribution in [0.1, 0.15) is 6.92 Å². The van der Waals surface area contributed by atoms with Gasteiger partial charge in [-0.25, -0.2) is 9.18 Å². The molecule has 0 fully saturated rings. The van der Waals surface area contributed by atoms with Crippen LogP contribution in [0.15, 0.2) is 34.3 Å². The van der Waals surface area contributed by atoms with Gasteiger partial charge < -0.3 is 10.4 Å². The highest BCUT2D eigenvalue weighted by Gasteiger charge is 2.05. The Bertz CT molecular complexity index is 412. The third-order valence-corrected chi connectivity index (χ3v) is 2.54. The van der Waals surface area contributed by atoms with Gasteiger partial charge in [0, 0.05) is 17.1 Å². The van der Waals surface area contributed by atoms with E-state index in [2.05, 4.69) is 21.2 Å². The molecule has 0 amide bonds. The molecule has 1 rings (SSSR count). The maximum atomic E-state index is 13.3. The SMILES string of the molecule is C/C(=C/C(=O)O)CNc1c(F)cccc1Br. The van der Waals surface area contributed by atoms with Gasteiger partial charge in [-0.1, -0.05) is 6.07 Å². The molecular formula is C11H11BrFNO2. The zero-order valence-corrected chi connectivity index (χ0v) is 10.2. The first-order chi connectivity index (χ1) is 7.50. The first-order valence-electron chi connectivity index (χ1n) is 4.58. The van der Waals surface area contributed by atoms with Gasteiger partial charge in [0.2, 0.25) is 0 Å². The number of anilines is 1. The number of hydrogen-bond acceptors (Lipinski definition) is 2. The van der Waals surface area contributed by atoms with Gasteiger partial charge in [0.25, 0.3) is 0 Å². The van der Waals surface area contributed by atoms with E-state index in [-0.39, 0.29) is 12.4 Å². The minimum atomic E-state index is -1.01. The lowest BCUT2D eigenvalue weighted by atomic mass is 10.2. The number of para-hydroxylation sites is 1. The van der Waals surface area contributed by atoms with Crippen molar-refractivity contribution in [2.45, 2.75) is 6.92 Å². The Balaban J connectivity index is 2.72. The normalized spacial score (nSPS) is 11.3. The van der Waals surface area contributed by atoms with Gasteiger partial charge in [0.1, 0.15) is 5.82 Å². The molecule has 0 spiro atoms. The summed E-state index contributed by atoms with van der Waals surface area (Å²) in [5.41, 5.74) is 0.947. The van der Waals surface area contributed by atoms with Crippen LogP contribution in [0.4, 0.5) is 10.1 Å². The summed E-state index contributed by atoms with van der Waals surface area (Å²) in [5.74, 6) is -1.38. The fourth-order valence-electron chi connectivity index (χ4n) is 1.16. The average molecular weight is 288 g/mol. The Morgan fingerprint density at radius 1 is 1.62 bits per heavy atom. The van der Waals surface area contributed by atoms with E-state index in [9.17, 15) is 9.18 Å². The monoisotopic (exact) mass is 287 g/mol. The molecule has 1 aromatic carbocycles. The number of halogens is 2. The first-order valence-corrected chi connectivity index (χ1v) is 5.38. The van der Waals surface area contributed by atoms with Crippen molar-refractivity contribution in [2.75, 3.05) is 11.9 Å².